The van der Waals surface area contributed by atoms with Crippen LogP contribution in [0.5, 0.6) is 0 Å². The number of amides is 1. The molecule has 2 nitrogen and oxygen atoms in total. The van der Waals surface area contributed by atoms with Crippen LogP contribution in [0.25, 0.3) is 0 Å². The van der Waals surface area contributed by atoms with Gasteiger partial charge in [-0.1, -0.05) is 18.2 Å². The molecule has 5 heteroatoms. The first-order valence-electron chi connectivity index (χ1n) is 5.42. The van der Waals surface area contributed by atoms with E-state index in [1.807, 2.05) is 17.5 Å². The molecule has 1 N–H and O–H groups in total. The number of halogens is 1. The molecule has 0 fully saturated rings. The van der Waals surface area contributed by atoms with Crippen LogP contribution in [0.2, 0.25) is 0 Å². The Morgan fingerprint density at radius 1 is 1.28 bits per heavy atom. The molecule has 0 saturated carbocycles. The molecule has 0 saturated heterocycles. The maximum absolute atomic E-state index is 13.3. The van der Waals surface area contributed by atoms with Crippen LogP contribution < -0.4 is 5.32 Å². The Hall–Kier alpha value is -1.33. The Morgan fingerprint density at radius 3 is 2.83 bits per heavy atom. The van der Waals surface area contributed by atoms with Gasteiger partial charge in [0.15, 0.2) is 0 Å². The number of benzene rings is 1. The van der Waals surface area contributed by atoms with Gasteiger partial charge >= 0.3 is 0 Å². The summed E-state index contributed by atoms with van der Waals surface area (Å²) >= 11 is 2.81. The lowest BCUT2D eigenvalue weighted by molar-refractivity contribution is -0.118. The van der Waals surface area contributed by atoms with Gasteiger partial charge in [0, 0.05) is 9.77 Å². The molecule has 2 aromatic rings. The maximum Gasteiger partial charge on any atom is 0.230 e. The highest BCUT2D eigenvalue weighted by atomic mass is 32.2. The van der Waals surface area contributed by atoms with Crippen LogP contribution in [0.15, 0.2) is 46.7 Å². The number of thioether (sulfide) groups is 1. The second-order valence-electron chi connectivity index (χ2n) is 3.58. The molecule has 0 aliphatic heterocycles. The van der Waals surface area contributed by atoms with Crippen LogP contribution in [0.1, 0.15) is 4.88 Å². The van der Waals surface area contributed by atoms with E-state index < -0.39 is 0 Å². The van der Waals surface area contributed by atoms with E-state index in [0.717, 1.165) is 4.88 Å². The quantitative estimate of drug-likeness (QED) is 0.852. The van der Waals surface area contributed by atoms with E-state index in [-0.39, 0.29) is 17.5 Å². The van der Waals surface area contributed by atoms with Crippen molar-refractivity contribution in [2.75, 3.05) is 5.75 Å². The zero-order valence-electron chi connectivity index (χ0n) is 9.56. The molecule has 94 valence electrons. The zero-order valence-corrected chi connectivity index (χ0v) is 11.2. The predicted molar refractivity (Wildman–Crippen MR) is 73.3 cm³/mol. The first-order valence-corrected chi connectivity index (χ1v) is 7.28. The maximum atomic E-state index is 13.3. The van der Waals surface area contributed by atoms with Gasteiger partial charge in [0.25, 0.3) is 0 Å². The summed E-state index contributed by atoms with van der Waals surface area (Å²) in [7, 11) is 0. The lowest BCUT2D eigenvalue weighted by Crippen LogP contribution is -2.24. The molecule has 1 amide bonds. The van der Waals surface area contributed by atoms with Crippen LogP contribution in [0.4, 0.5) is 4.39 Å². The summed E-state index contributed by atoms with van der Waals surface area (Å²) in [5.41, 5.74) is 0. The van der Waals surface area contributed by atoms with Crippen molar-refractivity contribution >= 4 is 29.0 Å². The van der Waals surface area contributed by atoms with E-state index in [1.54, 1.807) is 29.5 Å². The fourth-order valence-corrected chi connectivity index (χ4v) is 2.77. The molecule has 18 heavy (non-hydrogen) atoms. The molecule has 0 bridgehead atoms. The third kappa shape index (κ3) is 3.85. The molecule has 1 heterocycles. The Balaban J connectivity index is 1.77. The van der Waals surface area contributed by atoms with Gasteiger partial charge in [0.2, 0.25) is 5.91 Å². The van der Waals surface area contributed by atoms with E-state index in [9.17, 15) is 9.18 Å². The van der Waals surface area contributed by atoms with Crippen molar-refractivity contribution in [2.45, 2.75) is 11.4 Å². The lowest BCUT2D eigenvalue weighted by atomic mass is 10.3. The Labute approximate surface area is 113 Å². The summed E-state index contributed by atoms with van der Waals surface area (Å²) in [6.07, 6.45) is 0. The number of carbonyl (C=O) groups is 1. The van der Waals surface area contributed by atoms with E-state index in [1.165, 1.54) is 17.8 Å². The van der Waals surface area contributed by atoms with E-state index in [2.05, 4.69) is 5.32 Å². The molecule has 0 atom stereocenters. The SMILES string of the molecule is O=C(CSc1ccccc1F)NCc1cccs1. The minimum atomic E-state index is -0.284. The molecule has 2 rings (SSSR count). The van der Waals surface area contributed by atoms with Crippen LogP contribution >= 0.6 is 23.1 Å². The Kier molecular flexibility index (Phi) is 4.78. The van der Waals surface area contributed by atoms with E-state index in [0.29, 0.717) is 11.4 Å². The van der Waals surface area contributed by atoms with Crippen molar-refractivity contribution in [1.29, 1.82) is 0 Å². The van der Waals surface area contributed by atoms with Crippen molar-refractivity contribution < 1.29 is 9.18 Å². The minimum Gasteiger partial charge on any atom is -0.350 e. The second kappa shape index (κ2) is 6.56. The largest absolute Gasteiger partial charge is 0.350 e. The van der Waals surface area contributed by atoms with Crippen molar-refractivity contribution in [2.24, 2.45) is 0 Å². The second-order valence-corrected chi connectivity index (χ2v) is 5.62. The Bertz CT molecular complexity index is 513. The molecule has 0 radical (unpaired) electrons. The number of hydrogen-bond donors (Lipinski definition) is 1. The van der Waals surface area contributed by atoms with Crippen LogP contribution in [0.3, 0.4) is 0 Å². The number of nitrogens with one attached hydrogen (secondary N) is 1. The van der Waals surface area contributed by atoms with Gasteiger partial charge in [-0.15, -0.1) is 23.1 Å². The molecular weight excluding hydrogens is 269 g/mol. The molecule has 1 aromatic carbocycles. The van der Waals surface area contributed by atoms with E-state index >= 15 is 0 Å². The standard InChI is InChI=1S/C13H12FNOS2/c14-11-5-1-2-6-12(11)18-9-13(16)15-8-10-4-3-7-17-10/h1-7H,8-9H2,(H,15,16). The lowest BCUT2D eigenvalue weighted by Gasteiger charge is -2.04. The highest BCUT2D eigenvalue weighted by molar-refractivity contribution is 8.00. The van der Waals surface area contributed by atoms with Gasteiger partial charge in [-0.05, 0) is 23.6 Å². The predicted octanol–water partition coefficient (Wildman–Crippen LogP) is 3.30. The van der Waals surface area contributed by atoms with Crippen molar-refractivity contribution in [3.8, 4) is 0 Å². The van der Waals surface area contributed by atoms with Gasteiger partial charge in [-0.3, -0.25) is 4.79 Å². The number of carbonyl (C=O) groups excluding carboxylic acids is 1. The fourth-order valence-electron chi connectivity index (χ4n) is 1.35. The highest BCUT2D eigenvalue weighted by Gasteiger charge is 2.06. The molecule has 0 aliphatic rings. The summed E-state index contributed by atoms with van der Waals surface area (Å²) in [6, 6.07) is 10.4. The molecule has 0 aliphatic carbocycles. The molecular formula is C13H12FNOS2. The summed E-state index contributed by atoms with van der Waals surface area (Å²) in [6.45, 7) is 0.536. The fraction of sp³-hybridized carbons (Fsp3) is 0.154. The normalized spacial score (nSPS) is 10.3. The summed E-state index contributed by atoms with van der Waals surface area (Å²) in [5, 5.41) is 4.77. The molecule has 0 spiro atoms. The van der Waals surface area contributed by atoms with Gasteiger partial charge in [-0.2, -0.15) is 0 Å². The molecule has 1 aromatic heterocycles. The third-order valence-corrected chi connectivity index (χ3v) is 4.16. The summed E-state index contributed by atoms with van der Waals surface area (Å²) in [5.74, 6) is -0.142. The number of thiophene rings is 1. The Morgan fingerprint density at radius 2 is 2.11 bits per heavy atom. The monoisotopic (exact) mass is 281 g/mol. The van der Waals surface area contributed by atoms with Crippen LogP contribution in [-0.4, -0.2) is 11.7 Å². The van der Waals surface area contributed by atoms with Gasteiger partial charge in [0.1, 0.15) is 5.82 Å². The van der Waals surface area contributed by atoms with Crippen molar-refractivity contribution in [3.05, 3.63) is 52.5 Å². The topological polar surface area (TPSA) is 29.1 Å². The number of hydrogen-bond acceptors (Lipinski definition) is 3. The highest BCUT2D eigenvalue weighted by Crippen LogP contribution is 2.20. The van der Waals surface area contributed by atoms with Gasteiger partial charge in [-0.25, -0.2) is 4.39 Å². The minimum absolute atomic E-state index is 0.0864. The van der Waals surface area contributed by atoms with Crippen molar-refractivity contribution in [3.63, 3.8) is 0 Å². The van der Waals surface area contributed by atoms with Gasteiger partial charge in [0.05, 0.1) is 12.3 Å². The van der Waals surface area contributed by atoms with Crippen molar-refractivity contribution in [1.82, 2.24) is 5.32 Å². The average molecular weight is 281 g/mol. The summed E-state index contributed by atoms with van der Waals surface area (Å²) in [4.78, 5) is 13.2. The molecule has 0 unspecified atom stereocenters. The van der Waals surface area contributed by atoms with Gasteiger partial charge < -0.3 is 5.32 Å². The number of rotatable bonds is 5. The zero-order chi connectivity index (χ0) is 12.8. The average Bonchev–Trinajstić information content (AvgIpc) is 2.88. The first kappa shape index (κ1) is 13.1. The van der Waals surface area contributed by atoms with Crippen LogP contribution in [0, 0.1) is 5.82 Å². The first-order chi connectivity index (χ1) is 8.75. The third-order valence-electron chi connectivity index (χ3n) is 2.24. The van der Waals surface area contributed by atoms with E-state index in [4.69, 9.17) is 0 Å². The van der Waals surface area contributed by atoms with Crippen LogP contribution in [-0.2, 0) is 11.3 Å². The summed E-state index contributed by atoms with van der Waals surface area (Å²) < 4.78 is 13.3. The smallest absolute Gasteiger partial charge is 0.230 e.